The van der Waals surface area contributed by atoms with Crippen LogP contribution in [0.1, 0.15) is 17.8 Å². The number of nitrogens with zero attached hydrogens (tertiary/aromatic N) is 4. The largest absolute Gasteiger partial charge is 0.333 e. The van der Waals surface area contributed by atoms with Crippen LogP contribution in [-0.2, 0) is 24.3 Å². The van der Waals surface area contributed by atoms with Gasteiger partial charge >= 0.3 is 0 Å². The number of benzene rings is 1. The number of amides is 1. The minimum Gasteiger partial charge on any atom is -0.333 e. The molecule has 1 amide bonds. The highest BCUT2D eigenvalue weighted by Gasteiger charge is 2.21. The molecule has 0 N–H and O–H groups in total. The Morgan fingerprint density at radius 1 is 1.21 bits per heavy atom. The highest BCUT2D eigenvalue weighted by atomic mass is 16.2. The summed E-state index contributed by atoms with van der Waals surface area (Å²) in [5.41, 5.74) is 1.20. The summed E-state index contributed by atoms with van der Waals surface area (Å²) in [6, 6.07) is 10.1. The number of fused-ring (bicyclic) bond motifs is 1. The van der Waals surface area contributed by atoms with Gasteiger partial charge in [-0.2, -0.15) is 0 Å². The summed E-state index contributed by atoms with van der Waals surface area (Å²) < 4.78 is 2.00. The van der Waals surface area contributed by atoms with Crippen LogP contribution in [0.2, 0.25) is 0 Å². The zero-order valence-electron chi connectivity index (χ0n) is 10.7. The van der Waals surface area contributed by atoms with E-state index in [1.165, 1.54) is 5.56 Å². The van der Waals surface area contributed by atoms with E-state index >= 15 is 0 Å². The van der Waals surface area contributed by atoms with Gasteiger partial charge in [-0.15, -0.1) is 10.2 Å². The van der Waals surface area contributed by atoms with Gasteiger partial charge in [-0.05, 0) is 12.0 Å². The van der Waals surface area contributed by atoms with Gasteiger partial charge in [0.05, 0.1) is 6.54 Å². The van der Waals surface area contributed by atoms with E-state index < -0.39 is 0 Å². The minimum absolute atomic E-state index is 0.193. The minimum atomic E-state index is 0.193. The maximum atomic E-state index is 12.2. The third-order valence-electron chi connectivity index (χ3n) is 3.46. The first-order valence-corrected chi connectivity index (χ1v) is 6.51. The number of aryl methyl sites for hydroxylation is 1. The fourth-order valence-electron chi connectivity index (χ4n) is 2.33. The molecule has 1 aromatic carbocycles. The van der Waals surface area contributed by atoms with Crippen molar-refractivity contribution in [3.63, 3.8) is 0 Å². The van der Waals surface area contributed by atoms with E-state index in [1.807, 2.05) is 27.7 Å². The molecule has 0 fully saturated rings. The Labute approximate surface area is 111 Å². The SMILES string of the molecule is O=C(CCc1ccccc1)N1CCn2cnnc2C1. The lowest BCUT2D eigenvalue weighted by atomic mass is 10.1. The van der Waals surface area contributed by atoms with Crippen molar-refractivity contribution >= 4 is 5.91 Å². The first-order chi connectivity index (χ1) is 9.33. The lowest BCUT2D eigenvalue weighted by Crippen LogP contribution is -2.38. The van der Waals surface area contributed by atoms with E-state index in [4.69, 9.17) is 0 Å². The number of hydrogen-bond acceptors (Lipinski definition) is 3. The van der Waals surface area contributed by atoms with Gasteiger partial charge in [-0.25, -0.2) is 0 Å². The number of carbonyl (C=O) groups excluding carboxylic acids is 1. The fraction of sp³-hybridized carbons (Fsp3) is 0.357. The van der Waals surface area contributed by atoms with Crippen LogP contribution in [0.4, 0.5) is 0 Å². The molecular formula is C14H16N4O. The van der Waals surface area contributed by atoms with Crippen LogP contribution in [0, 0.1) is 0 Å². The molecule has 1 aliphatic rings. The predicted octanol–water partition coefficient (Wildman–Crippen LogP) is 1.25. The maximum Gasteiger partial charge on any atom is 0.223 e. The van der Waals surface area contributed by atoms with E-state index in [2.05, 4.69) is 22.3 Å². The average Bonchev–Trinajstić information content (AvgIpc) is 2.93. The van der Waals surface area contributed by atoms with Crippen molar-refractivity contribution in [3.05, 3.63) is 48.0 Å². The summed E-state index contributed by atoms with van der Waals surface area (Å²) >= 11 is 0. The standard InChI is InChI=1S/C14H16N4O/c19-14(7-6-12-4-2-1-3-5-12)17-8-9-18-11-15-16-13(18)10-17/h1-5,11H,6-10H2. The molecule has 0 radical (unpaired) electrons. The molecule has 0 atom stereocenters. The second-order valence-electron chi connectivity index (χ2n) is 4.74. The first kappa shape index (κ1) is 11.9. The highest BCUT2D eigenvalue weighted by Crippen LogP contribution is 2.11. The van der Waals surface area contributed by atoms with Gasteiger partial charge in [0.1, 0.15) is 6.33 Å². The third kappa shape index (κ3) is 2.65. The smallest absolute Gasteiger partial charge is 0.223 e. The van der Waals surface area contributed by atoms with Crippen LogP contribution in [0.5, 0.6) is 0 Å². The Morgan fingerprint density at radius 3 is 2.89 bits per heavy atom. The molecule has 2 heterocycles. The molecule has 0 saturated heterocycles. The second-order valence-corrected chi connectivity index (χ2v) is 4.74. The number of aromatic nitrogens is 3. The monoisotopic (exact) mass is 256 g/mol. The fourth-order valence-corrected chi connectivity index (χ4v) is 2.33. The van der Waals surface area contributed by atoms with E-state index in [0.717, 1.165) is 25.3 Å². The van der Waals surface area contributed by atoms with E-state index in [1.54, 1.807) is 6.33 Å². The summed E-state index contributed by atoms with van der Waals surface area (Å²) in [4.78, 5) is 14.0. The Kier molecular flexibility index (Phi) is 3.27. The summed E-state index contributed by atoms with van der Waals surface area (Å²) in [7, 11) is 0. The summed E-state index contributed by atoms with van der Waals surface area (Å²) in [6.07, 6.45) is 3.07. The molecule has 5 nitrogen and oxygen atoms in total. The Hall–Kier alpha value is -2.17. The normalized spacial score (nSPS) is 14.2. The molecule has 0 unspecified atom stereocenters. The van der Waals surface area contributed by atoms with Gasteiger partial charge < -0.3 is 9.47 Å². The van der Waals surface area contributed by atoms with E-state index in [-0.39, 0.29) is 5.91 Å². The van der Waals surface area contributed by atoms with Crippen molar-refractivity contribution in [2.45, 2.75) is 25.9 Å². The van der Waals surface area contributed by atoms with Gasteiger partial charge in [0, 0.05) is 19.5 Å². The van der Waals surface area contributed by atoms with Crippen molar-refractivity contribution < 1.29 is 4.79 Å². The zero-order chi connectivity index (χ0) is 13.1. The van der Waals surface area contributed by atoms with Gasteiger partial charge in [0.25, 0.3) is 0 Å². The molecule has 1 aromatic heterocycles. The second kappa shape index (κ2) is 5.22. The van der Waals surface area contributed by atoms with Crippen LogP contribution in [0.25, 0.3) is 0 Å². The van der Waals surface area contributed by atoms with Gasteiger partial charge in [0.2, 0.25) is 5.91 Å². The molecule has 0 spiro atoms. The van der Waals surface area contributed by atoms with Crippen molar-refractivity contribution in [2.75, 3.05) is 6.54 Å². The topological polar surface area (TPSA) is 51.0 Å². The molecule has 98 valence electrons. The van der Waals surface area contributed by atoms with Crippen molar-refractivity contribution in [3.8, 4) is 0 Å². The van der Waals surface area contributed by atoms with Crippen LogP contribution >= 0.6 is 0 Å². The van der Waals surface area contributed by atoms with Crippen LogP contribution in [0.15, 0.2) is 36.7 Å². The van der Waals surface area contributed by atoms with Gasteiger partial charge in [-0.1, -0.05) is 30.3 Å². The molecule has 19 heavy (non-hydrogen) atoms. The molecule has 3 rings (SSSR count). The lowest BCUT2D eigenvalue weighted by molar-refractivity contribution is -0.132. The van der Waals surface area contributed by atoms with E-state index in [0.29, 0.717) is 13.0 Å². The maximum absolute atomic E-state index is 12.2. The van der Waals surface area contributed by atoms with Crippen molar-refractivity contribution in [2.24, 2.45) is 0 Å². The summed E-state index contributed by atoms with van der Waals surface area (Å²) in [5.74, 6) is 1.07. The molecule has 0 bridgehead atoms. The highest BCUT2D eigenvalue weighted by molar-refractivity contribution is 5.76. The number of rotatable bonds is 3. The number of hydrogen-bond donors (Lipinski definition) is 0. The van der Waals surface area contributed by atoms with E-state index in [9.17, 15) is 4.79 Å². The molecule has 0 aliphatic carbocycles. The summed E-state index contributed by atoms with van der Waals surface area (Å²) in [6.45, 7) is 2.12. The Bertz CT molecular complexity index is 564. The first-order valence-electron chi connectivity index (χ1n) is 6.51. The average molecular weight is 256 g/mol. The van der Waals surface area contributed by atoms with Crippen LogP contribution < -0.4 is 0 Å². The van der Waals surface area contributed by atoms with Crippen LogP contribution in [-0.4, -0.2) is 32.1 Å². The molecule has 2 aromatic rings. The molecule has 0 saturated carbocycles. The lowest BCUT2D eigenvalue weighted by Gasteiger charge is -2.27. The molecular weight excluding hydrogens is 240 g/mol. The Balaban J connectivity index is 1.57. The molecule has 1 aliphatic heterocycles. The van der Waals surface area contributed by atoms with Crippen molar-refractivity contribution in [1.82, 2.24) is 19.7 Å². The van der Waals surface area contributed by atoms with Gasteiger partial charge in [0.15, 0.2) is 5.82 Å². The summed E-state index contributed by atoms with van der Waals surface area (Å²) in [5, 5.41) is 7.89. The number of carbonyl (C=O) groups is 1. The van der Waals surface area contributed by atoms with Crippen molar-refractivity contribution in [1.29, 1.82) is 0 Å². The Morgan fingerprint density at radius 2 is 2.05 bits per heavy atom. The predicted molar refractivity (Wildman–Crippen MR) is 70.2 cm³/mol. The quantitative estimate of drug-likeness (QED) is 0.830. The third-order valence-corrected chi connectivity index (χ3v) is 3.46. The molecule has 5 heteroatoms. The van der Waals surface area contributed by atoms with Gasteiger partial charge in [-0.3, -0.25) is 4.79 Å². The van der Waals surface area contributed by atoms with Crippen LogP contribution in [0.3, 0.4) is 0 Å². The zero-order valence-corrected chi connectivity index (χ0v) is 10.7.